The minimum absolute atomic E-state index is 0.140. The topological polar surface area (TPSA) is 71.3 Å². The van der Waals surface area contributed by atoms with E-state index in [9.17, 15) is 10.1 Å². The predicted octanol–water partition coefficient (Wildman–Crippen LogP) is 5.05. The summed E-state index contributed by atoms with van der Waals surface area (Å²) in [4.78, 5) is 13.1. The fourth-order valence-electron chi connectivity index (χ4n) is 3.59. The van der Waals surface area contributed by atoms with Gasteiger partial charge in [-0.15, -0.1) is 0 Å². The maximum absolute atomic E-state index is 13.1. The number of nitrogens with one attached hydrogen (secondary N) is 1. The molecule has 0 aromatic heterocycles. The zero-order chi connectivity index (χ0) is 19.7. The average molecular weight is 373 g/mol. The van der Waals surface area contributed by atoms with E-state index in [0.717, 1.165) is 44.9 Å². The molecule has 0 unspecified atom stereocenters. The van der Waals surface area contributed by atoms with Gasteiger partial charge in [0.15, 0.2) is 0 Å². The quantitative estimate of drug-likeness (QED) is 0.616. The summed E-state index contributed by atoms with van der Waals surface area (Å²) in [6.45, 7) is 7.50. The number of anilines is 1. The van der Waals surface area contributed by atoms with Gasteiger partial charge in [-0.05, 0) is 56.2 Å². The summed E-state index contributed by atoms with van der Waals surface area (Å²) in [5, 5.41) is 12.5. The molecule has 0 radical (unpaired) electrons. The maximum Gasteiger partial charge on any atom is 0.256 e. The highest BCUT2D eigenvalue weighted by molar-refractivity contribution is 5.98. The predicted molar refractivity (Wildman–Crippen MR) is 107 cm³/mol. The smallest absolute Gasteiger partial charge is 0.256 e. The number of nitrogens with zero attached hydrogens (tertiary/aromatic N) is 1. The largest absolute Gasteiger partial charge is 0.494 e. The van der Waals surface area contributed by atoms with E-state index >= 15 is 0 Å². The lowest BCUT2D eigenvalue weighted by Crippen LogP contribution is -2.48. The minimum atomic E-state index is -0.795. The second kappa shape index (κ2) is 10.3. The van der Waals surface area contributed by atoms with Crippen molar-refractivity contribution in [3.63, 3.8) is 0 Å². The first kappa shape index (κ1) is 21.2. The van der Waals surface area contributed by atoms with Crippen LogP contribution in [0.1, 0.15) is 71.3 Å². The SMILES string of the molecule is CCCCOc1ccc(NC(=O)[C@]2(OCCC)CCC[C@H](C)C2)c(C#N)c1. The van der Waals surface area contributed by atoms with Crippen LogP contribution in [0.25, 0.3) is 0 Å². The Kier molecular flexibility index (Phi) is 8.12. The summed E-state index contributed by atoms with van der Waals surface area (Å²) in [6.07, 6.45) is 6.44. The Morgan fingerprint density at radius 1 is 1.33 bits per heavy atom. The number of hydrogen-bond acceptors (Lipinski definition) is 4. The van der Waals surface area contributed by atoms with Crippen molar-refractivity contribution in [1.29, 1.82) is 5.26 Å². The molecule has 1 aliphatic rings. The van der Waals surface area contributed by atoms with Crippen molar-refractivity contribution in [3.8, 4) is 11.8 Å². The number of ether oxygens (including phenoxy) is 2. The van der Waals surface area contributed by atoms with E-state index in [4.69, 9.17) is 9.47 Å². The number of carbonyl (C=O) groups is 1. The molecule has 5 heteroatoms. The molecule has 1 amide bonds. The van der Waals surface area contributed by atoms with Gasteiger partial charge in [-0.1, -0.05) is 33.6 Å². The van der Waals surface area contributed by atoms with Gasteiger partial charge in [-0.2, -0.15) is 5.26 Å². The lowest BCUT2D eigenvalue weighted by molar-refractivity contribution is -0.148. The fraction of sp³-hybridized carbons (Fsp3) is 0.636. The summed E-state index contributed by atoms with van der Waals surface area (Å²) >= 11 is 0. The van der Waals surface area contributed by atoms with Crippen LogP contribution < -0.4 is 10.1 Å². The molecule has 5 nitrogen and oxygen atoms in total. The van der Waals surface area contributed by atoms with Crippen LogP contribution in [0.4, 0.5) is 5.69 Å². The Morgan fingerprint density at radius 3 is 2.81 bits per heavy atom. The van der Waals surface area contributed by atoms with Crippen molar-refractivity contribution >= 4 is 11.6 Å². The Labute approximate surface area is 163 Å². The number of unbranched alkanes of at least 4 members (excludes halogenated alkanes) is 1. The molecular weight excluding hydrogens is 340 g/mol. The van der Waals surface area contributed by atoms with E-state index in [0.29, 0.717) is 36.1 Å². The number of rotatable bonds is 9. The minimum Gasteiger partial charge on any atom is -0.494 e. The zero-order valence-electron chi connectivity index (χ0n) is 16.8. The third-order valence-electron chi connectivity index (χ3n) is 5.08. The highest BCUT2D eigenvalue weighted by Crippen LogP contribution is 2.37. The second-order valence-corrected chi connectivity index (χ2v) is 7.52. The van der Waals surface area contributed by atoms with Gasteiger partial charge in [0, 0.05) is 6.61 Å². The second-order valence-electron chi connectivity index (χ2n) is 7.52. The molecule has 1 N–H and O–H groups in total. The van der Waals surface area contributed by atoms with Crippen molar-refractivity contribution in [3.05, 3.63) is 23.8 Å². The van der Waals surface area contributed by atoms with Crippen molar-refractivity contribution in [2.24, 2.45) is 5.92 Å². The van der Waals surface area contributed by atoms with Gasteiger partial charge in [0.05, 0.1) is 17.9 Å². The number of hydrogen-bond donors (Lipinski definition) is 1. The lowest BCUT2D eigenvalue weighted by atomic mass is 9.78. The van der Waals surface area contributed by atoms with Crippen LogP contribution in [0.2, 0.25) is 0 Å². The first-order valence-electron chi connectivity index (χ1n) is 10.2. The van der Waals surface area contributed by atoms with Crippen LogP contribution in [-0.2, 0) is 9.53 Å². The molecule has 1 saturated carbocycles. The molecule has 0 saturated heterocycles. The maximum atomic E-state index is 13.1. The van der Waals surface area contributed by atoms with E-state index in [-0.39, 0.29) is 5.91 Å². The Balaban J connectivity index is 2.15. The zero-order valence-corrected chi connectivity index (χ0v) is 16.8. The van der Waals surface area contributed by atoms with Crippen molar-refractivity contribution in [2.45, 2.75) is 71.3 Å². The van der Waals surface area contributed by atoms with E-state index < -0.39 is 5.60 Å². The molecule has 1 aromatic rings. The van der Waals surface area contributed by atoms with Gasteiger partial charge in [-0.25, -0.2) is 0 Å². The number of amides is 1. The highest BCUT2D eigenvalue weighted by Gasteiger charge is 2.42. The monoisotopic (exact) mass is 372 g/mol. The van der Waals surface area contributed by atoms with Crippen LogP contribution in [-0.4, -0.2) is 24.7 Å². The first-order valence-corrected chi connectivity index (χ1v) is 10.2. The van der Waals surface area contributed by atoms with E-state index in [1.165, 1.54) is 0 Å². The number of benzene rings is 1. The summed E-state index contributed by atoms with van der Waals surface area (Å²) in [6, 6.07) is 7.40. The van der Waals surface area contributed by atoms with Crippen LogP contribution in [0.5, 0.6) is 5.75 Å². The van der Waals surface area contributed by atoms with Crippen LogP contribution >= 0.6 is 0 Å². The van der Waals surface area contributed by atoms with Crippen LogP contribution in [0.3, 0.4) is 0 Å². The molecule has 27 heavy (non-hydrogen) atoms. The molecule has 0 bridgehead atoms. The van der Waals surface area contributed by atoms with E-state index in [2.05, 4.69) is 25.2 Å². The Morgan fingerprint density at radius 2 is 2.15 bits per heavy atom. The molecule has 148 valence electrons. The molecule has 0 spiro atoms. The summed E-state index contributed by atoms with van der Waals surface area (Å²) in [7, 11) is 0. The Hall–Kier alpha value is -2.06. The average Bonchev–Trinajstić information content (AvgIpc) is 2.67. The first-order chi connectivity index (χ1) is 13.0. The fourth-order valence-corrected chi connectivity index (χ4v) is 3.59. The lowest BCUT2D eigenvalue weighted by Gasteiger charge is -2.38. The third kappa shape index (κ3) is 5.71. The molecule has 0 heterocycles. The highest BCUT2D eigenvalue weighted by atomic mass is 16.5. The normalized spacial score (nSPS) is 22.1. The molecule has 2 rings (SSSR count). The van der Waals surface area contributed by atoms with Crippen molar-refractivity contribution in [1.82, 2.24) is 0 Å². The Bertz CT molecular complexity index is 668. The summed E-state index contributed by atoms with van der Waals surface area (Å²) < 4.78 is 11.7. The van der Waals surface area contributed by atoms with Crippen LogP contribution in [0, 0.1) is 17.2 Å². The number of nitriles is 1. The summed E-state index contributed by atoms with van der Waals surface area (Å²) in [5.74, 6) is 0.964. The van der Waals surface area contributed by atoms with Gasteiger partial charge in [-0.3, -0.25) is 4.79 Å². The van der Waals surface area contributed by atoms with Gasteiger partial charge in [0.2, 0.25) is 0 Å². The molecule has 1 fully saturated rings. The van der Waals surface area contributed by atoms with Crippen molar-refractivity contribution in [2.75, 3.05) is 18.5 Å². The molecule has 2 atom stereocenters. The molecule has 1 aromatic carbocycles. The standard InChI is InChI=1S/C22H32N2O3/c1-4-6-13-26-19-9-10-20(18(14-19)16-23)24-21(25)22(27-12-5-2)11-7-8-17(3)15-22/h9-10,14,17H,4-8,11-13,15H2,1-3H3,(H,24,25)/t17-,22-/m0/s1. The third-order valence-corrected chi connectivity index (χ3v) is 5.08. The molecule has 0 aliphatic heterocycles. The van der Waals surface area contributed by atoms with Gasteiger partial charge >= 0.3 is 0 Å². The molecule has 1 aliphatic carbocycles. The van der Waals surface area contributed by atoms with Crippen LogP contribution in [0.15, 0.2) is 18.2 Å². The number of carbonyl (C=O) groups excluding carboxylic acids is 1. The molecular formula is C22H32N2O3. The van der Waals surface area contributed by atoms with E-state index in [1.54, 1.807) is 18.2 Å². The van der Waals surface area contributed by atoms with Gasteiger partial charge in [0.25, 0.3) is 5.91 Å². The van der Waals surface area contributed by atoms with E-state index in [1.807, 2.05) is 6.92 Å². The van der Waals surface area contributed by atoms with Crippen molar-refractivity contribution < 1.29 is 14.3 Å². The summed E-state index contributed by atoms with van der Waals surface area (Å²) in [5.41, 5.74) is 0.131. The van der Waals surface area contributed by atoms with Gasteiger partial charge in [0.1, 0.15) is 17.4 Å². The van der Waals surface area contributed by atoms with Gasteiger partial charge < -0.3 is 14.8 Å².